The maximum atomic E-state index is 10.7. The van der Waals surface area contributed by atoms with Gasteiger partial charge in [0.2, 0.25) is 0 Å². The van der Waals surface area contributed by atoms with Crippen LogP contribution >= 0.6 is 0 Å². The number of hydrogen-bond donors (Lipinski definition) is 0. The van der Waals surface area contributed by atoms with E-state index in [0.29, 0.717) is 0 Å². The summed E-state index contributed by atoms with van der Waals surface area (Å²) in [5, 5.41) is 20.9. The van der Waals surface area contributed by atoms with Crippen molar-refractivity contribution in [3.05, 3.63) is 35.7 Å². The standard InChI is InChI=1S/C10H10N4O3.Na/c1-17-8-4-2-7(3-5-8)6-14-9(10(15)16)11-12-13-14;/h2-5H,6H2,1H3,(H,15,16);/q;+1/p-1. The Balaban J connectivity index is 0.00000162. The molecule has 0 amide bonds. The normalized spacial score (nSPS) is 9.61. The molecule has 0 bridgehead atoms. The number of carbonyl (C=O) groups excluding carboxylic acids is 1. The molecule has 1 aromatic carbocycles. The van der Waals surface area contributed by atoms with Gasteiger partial charge in [-0.15, -0.1) is 5.10 Å². The van der Waals surface area contributed by atoms with Crippen molar-refractivity contribution in [3.63, 3.8) is 0 Å². The maximum Gasteiger partial charge on any atom is 1.00 e. The van der Waals surface area contributed by atoms with E-state index >= 15 is 0 Å². The van der Waals surface area contributed by atoms with Gasteiger partial charge in [0.25, 0.3) is 0 Å². The number of tetrazole rings is 1. The van der Waals surface area contributed by atoms with E-state index in [1.165, 1.54) is 0 Å². The molecule has 2 aromatic rings. The van der Waals surface area contributed by atoms with Crippen LogP contribution in [0.25, 0.3) is 0 Å². The van der Waals surface area contributed by atoms with E-state index in [9.17, 15) is 9.90 Å². The van der Waals surface area contributed by atoms with Crippen LogP contribution in [0, 0.1) is 0 Å². The largest absolute Gasteiger partial charge is 1.00 e. The van der Waals surface area contributed by atoms with E-state index in [0.717, 1.165) is 16.0 Å². The minimum atomic E-state index is -1.40. The molecule has 0 fully saturated rings. The Bertz CT molecular complexity index is 526. The van der Waals surface area contributed by atoms with Crippen molar-refractivity contribution in [2.75, 3.05) is 7.11 Å². The molecule has 2 rings (SSSR count). The maximum absolute atomic E-state index is 10.7. The molecule has 0 aliphatic carbocycles. The number of benzene rings is 1. The van der Waals surface area contributed by atoms with Crippen molar-refractivity contribution in [2.24, 2.45) is 0 Å². The Hall–Kier alpha value is -1.44. The van der Waals surface area contributed by atoms with Crippen molar-refractivity contribution in [3.8, 4) is 5.75 Å². The molecule has 1 aromatic heterocycles. The second-order valence-corrected chi connectivity index (χ2v) is 3.30. The van der Waals surface area contributed by atoms with Gasteiger partial charge in [-0.2, -0.15) is 0 Å². The topological polar surface area (TPSA) is 93.0 Å². The van der Waals surface area contributed by atoms with Gasteiger partial charge >= 0.3 is 29.6 Å². The number of methoxy groups -OCH3 is 1. The molecular weight excluding hydrogens is 247 g/mol. The number of carbonyl (C=O) groups is 1. The van der Waals surface area contributed by atoms with Crippen LogP contribution in [0.2, 0.25) is 0 Å². The van der Waals surface area contributed by atoms with E-state index < -0.39 is 5.97 Å². The quantitative estimate of drug-likeness (QED) is 0.519. The Kier molecular flexibility index (Phi) is 5.26. The third kappa shape index (κ3) is 3.28. The molecule has 7 nitrogen and oxygen atoms in total. The smallest absolute Gasteiger partial charge is 0.541 e. The second kappa shape index (κ2) is 6.48. The van der Waals surface area contributed by atoms with Crippen LogP contribution in [0.15, 0.2) is 24.3 Å². The van der Waals surface area contributed by atoms with E-state index in [1.807, 2.05) is 0 Å². The fourth-order valence-electron chi connectivity index (χ4n) is 1.36. The van der Waals surface area contributed by atoms with Gasteiger partial charge in [0.1, 0.15) is 11.7 Å². The van der Waals surface area contributed by atoms with E-state index in [-0.39, 0.29) is 41.9 Å². The van der Waals surface area contributed by atoms with Gasteiger partial charge in [-0.1, -0.05) is 12.1 Å². The summed E-state index contributed by atoms with van der Waals surface area (Å²) in [6.45, 7) is 0.264. The summed E-state index contributed by atoms with van der Waals surface area (Å²) in [7, 11) is 1.57. The van der Waals surface area contributed by atoms with Crippen LogP contribution < -0.4 is 39.4 Å². The summed E-state index contributed by atoms with van der Waals surface area (Å²) in [6.07, 6.45) is 0. The molecule has 0 aliphatic heterocycles. The van der Waals surface area contributed by atoms with E-state index in [1.54, 1.807) is 31.4 Å². The summed E-state index contributed by atoms with van der Waals surface area (Å²) < 4.78 is 6.18. The number of aromatic carboxylic acids is 1. The molecule has 0 unspecified atom stereocenters. The van der Waals surface area contributed by atoms with Crippen molar-refractivity contribution in [1.82, 2.24) is 20.2 Å². The molecule has 0 radical (unpaired) electrons. The Labute approximate surface area is 125 Å². The molecule has 88 valence electrons. The zero-order valence-corrected chi connectivity index (χ0v) is 12.0. The molecule has 0 atom stereocenters. The van der Waals surface area contributed by atoms with Gasteiger partial charge in [-0.25, -0.2) is 4.68 Å². The van der Waals surface area contributed by atoms with Crippen LogP contribution in [-0.2, 0) is 6.54 Å². The molecule has 0 aliphatic rings. The van der Waals surface area contributed by atoms with Crippen LogP contribution in [0.3, 0.4) is 0 Å². The summed E-state index contributed by atoms with van der Waals surface area (Å²) in [6, 6.07) is 7.16. The van der Waals surface area contributed by atoms with Gasteiger partial charge in [-0.05, 0) is 28.1 Å². The molecule has 0 spiro atoms. The molecule has 0 N–H and O–H groups in total. The summed E-state index contributed by atoms with van der Waals surface area (Å²) >= 11 is 0. The Morgan fingerprint density at radius 3 is 2.61 bits per heavy atom. The second-order valence-electron chi connectivity index (χ2n) is 3.30. The van der Waals surface area contributed by atoms with Gasteiger partial charge in [0.05, 0.1) is 13.7 Å². The molecule has 0 saturated carbocycles. The van der Waals surface area contributed by atoms with Crippen LogP contribution in [0.5, 0.6) is 5.75 Å². The zero-order valence-electron chi connectivity index (χ0n) is 10.0. The number of ether oxygens (including phenoxy) is 1. The molecule has 0 saturated heterocycles. The summed E-state index contributed by atoms with van der Waals surface area (Å²) in [5.41, 5.74) is 0.862. The first-order valence-corrected chi connectivity index (χ1v) is 4.81. The van der Waals surface area contributed by atoms with Crippen molar-refractivity contribution in [1.29, 1.82) is 0 Å². The Morgan fingerprint density at radius 2 is 2.06 bits per heavy atom. The van der Waals surface area contributed by atoms with Crippen molar-refractivity contribution in [2.45, 2.75) is 6.54 Å². The summed E-state index contributed by atoms with van der Waals surface area (Å²) in [4.78, 5) is 10.7. The molecule has 18 heavy (non-hydrogen) atoms. The SMILES string of the molecule is COc1ccc(Cn2nnnc2C(=O)[O-])cc1.[Na+]. The van der Waals surface area contributed by atoms with Gasteiger partial charge in [0, 0.05) is 0 Å². The minimum absolute atomic E-state index is 0. The number of rotatable bonds is 4. The third-order valence-corrected chi connectivity index (χ3v) is 2.21. The number of carboxylic acids is 1. The van der Waals surface area contributed by atoms with Gasteiger partial charge in [0.15, 0.2) is 5.82 Å². The first-order valence-electron chi connectivity index (χ1n) is 4.81. The molecule has 8 heteroatoms. The van der Waals surface area contributed by atoms with E-state index in [2.05, 4.69) is 15.5 Å². The van der Waals surface area contributed by atoms with Crippen molar-refractivity contribution >= 4 is 5.97 Å². The van der Waals surface area contributed by atoms with Crippen molar-refractivity contribution < 1.29 is 44.2 Å². The first kappa shape index (κ1) is 14.6. The summed E-state index contributed by atoms with van der Waals surface area (Å²) in [5.74, 6) is -0.963. The van der Waals surface area contributed by atoms with Crippen LogP contribution in [0.4, 0.5) is 0 Å². The average Bonchev–Trinajstić information content (AvgIpc) is 2.78. The monoisotopic (exact) mass is 256 g/mol. The predicted molar refractivity (Wildman–Crippen MR) is 54.2 cm³/mol. The number of hydrogen-bond acceptors (Lipinski definition) is 6. The number of carboxylic acid groups (broad SMARTS) is 1. The number of aromatic nitrogens is 4. The van der Waals surface area contributed by atoms with Crippen LogP contribution in [0.1, 0.15) is 16.2 Å². The fourth-order valence-corrected chi connectivity index (χ4v) is 1.36. The minimum Gasteiger partial charge on any atom is -0.541 e. The first-order chi connectivity index (χ1) is 8.20. The van der Waals surface area contributed by atoms with E-state index in [4.69, 9.17) is 4.74 Å². The molecule has 1 heterocycles. The average molecular weight is 256 g/mol. The zero-order chi connectivity index (χ0) is 12.3. The number of nitrogens with zero attached hydrogens (tertiary/aromatic N) is 4. The fraction of sp³-hybridized carbons (Fsp3) is 0.200. The van der Waals surface area contributed by atoms with Gasteiger partial charge in [-0.3, -0.25) is 0 Å². The van der Waals surface area contributed by atoms with Gasteiger partial charge < -0.3 is 14.6 Å². The Morgan fingerprint density at radius 1 is 1.39 bits per heavy atom. The predicted octanol–water partition coefficient (Wildman–Crippen LogP) is -3.90. The third-order valence-electron chi connectivity index (χ3n) is 2.21. The van der Waals surface area contributed by atoms with Crippen LogP contribution in [-0.4, -0.2) is 33.3 Å². The molecular formula is C10H9N4NaO3.